The first-order valence-corrected chi connectivity index (χ1v) is 8.03. The van der Waals surface area contributed by atoms with E-state index in [2.05, 4.69) is 25.4 Å². The molecule has 0 radical (unpaired) electrons. The van der Waals surface area contributed by atoms with Crippen LogP contribution in [0.3, 0.4) is 0 Å². The van der Waals surface area contributed by atoms with Crippen molar-refractivity contribution in [2.75, 3.05) is 18.5 Å². The van der Waals surface area contributed by atoms with Crippen LogP contribution in [0.4, 0.5) is 10.3 Å². The molecule has 3 aromatic rings. The Bertz CT molecular complexity index is 947. The van der Waals surface area contributed by atoms with Crippen LogP contribution in [-0.2, 0) is 4.74 Å². The maximum Gasteiger partial charge on any atom is 0.267 e. The number of nitrogens with one attached hydrogen (secondary N) is 1. The minimum absolute atomic E-state index is 0.236. The van der Waals surface area contributed by atoms with Crippen LogP contribution in [0.5, 0.6) is 0 Å². The molecule has 0 aromatic carbocycles. The maximum absolute atomic E-state index is 13.0. The average Bonchev–Trinajstić information content (AvgIpc) is 3.13. The van der Waals surface area contributed by atoms with Gasteiger partial charge in [0.1, 0.15) is 6.04 Å². The standard InChI is InChI=1S/C17H15FN6O2/c18-12-7-20-17(21-8-12)22-14-9-26-10-15(14)24-16(25)4-3-13(23-24)11-2-1-5-19-6-11/h1-8,14-15H,9-10H2,(H,20,21,22). The van der Waals surface area contributed by atoms with E-state index < -0.39 is 5.82 Å². The zero-order valence-corrected chi connectivity index (χ0v) is 13.6. The topological polar surface area (TPSA) is 94.8 Å². The van der Waals surface area contributed by atoms with Crippen molar-refractivity contribution >= 4 is 5.95 Å². The van der Waals surface area contributed by atoms with E-state index in [4.69, 9.17) is 4.74 Å². The Morgan fingerprint density at radius 1 is 1.15 bits per heavy atom. The molecule has 9 heteroatoms. The number of hydrogen-bond donors (Lipinski definition) is 1. The Balaban J connectivity index is 1.63. The van der Waals surface area contributed by atoms with Gasteiger partial charge in [-0.3, -0.25) is 9.78 Å². The van der Waals surface area contributed by atoms with E-state index in [0.717, 1.165) is 18.0 Å². The molecule has 1 fully saturated rings. The summed E-state index contributed by atoms with van der Waals surface area (Å²) in [7, 11) is 0. The van der Waals surface area contributed by atoms with Gasteiger partial charge in [-0.2, -0.15) is 5.10 Å². The molecule has 0 spiro atoms. The van der Waals surface area contributed by atoms with Gasteiger partial charge in [0.15, 0.2) is 5.82 Å². The summed E-state index contributed by atoms with van der Waals surface area (Å²) in [6, 6.07) is 6.21. The number of anilines is 1. The molecule has 3 aromatic heterocycles. The van der Waals surface area contributed by atoms with E-state index in [9.17, 15) is 9.18 Å². The number of rotatable bonds is 4. The summed E-state index contributed by atoms with van der Waals surface area (Å²) in [5, 5.41) is 7.55. The van der Waals surface area contributed by atoms with E-state index >= 15 is 0 Å². The first-order chi connectivity index (χ1) is 12.7. The van der Waals surface area contributed by atoms with Gasteiger partial charge >= 0.3 is 0 Å². The van der Waals surface area contributed by atoms with Crippen LogP contribution in [0.15, 0.2) is 53.8 Å². The van der Waals surface area contributed by atoms with Gasteiger partial charge in [0, 0.05) is 24.0 Å². The third kappa shape index (κ3) is 3.29. The quantitative estimate of drug-likeness (QED) is 0.754. The lowest BCUT2D eigenvalue weighted by Crippen LogP contribution is -2.37. The molecule has 0 saturated carbocycles. The summed E-state index contributed by atoms with van der Waals surface area (Å²) in [5.41, 5.74) is 1.22. The summed E-state index contributed by atoms with van der Waals surface area (Å²) >= 11 is 0. The van der Waals surface area contributed by atoms with Crippen LogP contribution >= 0.6 is 0 Å². The minimum atomic E-state index is -0.517. The van der Waals surface area contributed by atoms with Crippen LogP contribution < -0.4 is 10.9 Å². The summed E-state index contributed by atoms with van der Waals surface area (Å²) in [5.74, 6) is -0.250. The van der Waals surface area contributed by atoms with E-state index in [1.807, 2.05) is 6.07 Å². The number of halogens is 1. The zero-order valence-electron chi connectivity index (χ0n) is 13.6. The molecule has 26 heavy (non-hydrogen) atoms. The fraction of sp³-hybridized carbons (Fsp3) is 0.235. The predicted molar refractivity (Wildman–Crippen MR) is 91.0 cm³/mol. The van der Waals surface area contributed by atoms with Crippen molar-refractivity contribution in [3.63, 3.8) is 0 Å². The molecule has 1 aliphatic rings. The molecule has 0 amide bonds. The highest BCUT2D eigenvalue weighted by atomic mass is 19.1. The molecule has 0 aliphatic carbocycles. The molecule has 1 N–H and O–H groups in total. The third-order valence-electron chi connectivity index (χ3n) is 4.08. The summed E-state index contributed by atoms with van der Waals surface area (Å²) < 4.78 is 19.9. The van der Waals surface area contributed by atoms with Gasteiger partial charge in [-0.1, -0.05) is 0 Å². The van der Waals surface area contributed by atoms with Crippen molar-refractivity contribution in [2.24, 2.45) is 0 Å². The molecule has 0 bridgehead atoms. The first-order valence-electron chi connectivity index (χ1n) is 8.03. The second-order valence-corrected chi connectivity index (χ2v) is 5.82. The Labute approximate surface area is 147 Å². The van der Waals surface area contributed by atoms with Crippen molar-refractivity contribution in [3.8, 4) is 11.3 Å². The SMILES string of the molecule is O=c1ccc(-c2cccnc2)nn1C1COCC1Nc1ncc(F)cn1. The number of hydrogen-bond acceptors (Lipinski definition) is 7. The van der Waals surface area contributed by atoms with Gasteiger partial charge in [0.2, 0.25) is 5.95 Å². The summed E-state index contributed by atoms with van der Waals surface area (Å²) in [6.45, 7) is 0.679. The molecule has 2 atom stereocenters. The molecule has 1 saturated heterocycles. The van der Waals surface area contributed by atoms with Gasteiger partial charge < -0.3 is 10.1 Å². The fourth-order valence-corrected chi connectivity index (χ4v) is 2.81. The van der Waals surface area contributed by atoms with E-state index in [1.165, 1.54) is 10.7 Å². The average molecular weight is 354 g/mol. The van der Waals surface area contributed by atoms with Crippen LogP contribution in [0, 0.1) is 5.82 Å². The summed E-state index contributed by atoms with van der Waals surface area (Å²) in [6.07, 6.45) is 5.51. The Morgan fingerprint density at radius 3 is 2.77 bits per heavy atom. The first kappa shape index (κ1) is 16.3. The fourth-order valence-electron chi connectivity index (χ4n) is 2.81. The molecule has 8 nitrogen and oxygen atoms in total. The number of ether oxygens (including phenoxy) is 1. The van der Waals surface area contributed by atoms with Gasteiger partial charge in [0.05, 0.1) is 37.3 Å². The molecule has 1 aliphatic heterocycles. The Morgan fingerprint density at radius 2 is 2.00 bits per heavy atom. The van der Waals surface area contributed by atoms with Crippen molar-refractivity contribution in [1.82, 2.24) is 24.7 Å². The van der Waals surface area contributed by atoms with Crippen LogP contribution in [-0.4, -0.2) is 44.0 Å². The van der Waals surface area contributed by atoms with Crippen LogP contribution in [0.2, 0.25) is 0 Å². The van der Waals surface area contributed by atoms with Gasteiger partial charge in [-0.25, -0.2) is 19.0 Å². The molecule has 132 valence electrons. The molecular formula is C17H15FN6O2. The summed E-state index contributed by atoms with van der Waals surface area (Å²) in [4.78, 5) is 24.2. The number of aromatic nitrogens is 5. The van der Waals surface area contributed by atoms with E-state index in [0.29, 0.717) is 18.9 Å². The lowest BCUT2D eigenvalue weighted by atomic mass is 10.1. The van der Waals surface area contributed by atoms with Crippen molar-refractivity contribution in [3.05, 3.63) is 65.2 Å². The molecule has 4 rings (SSSR count). The maximum atomic E-state index is 13.0. The normalized spacial score (nSPS) is 19.4. The largest absolute Gasteiger partial charge is 0.377 e. The monoisotopic (exact) mass is 354 g/mol. The third-order valence-corrected chi connectivity index (χ3v) is 4.08. The van der Waals surface area contributed by atoms with E-state index in [-0.39, 0.29) is 23.6 Å². The Hall–Kier alpha value is -3.20. The second kappa shape index (κ2) is 6.96. The second-order valence-electron chi connectivity index (χ2n) is 5.82. The van der Waals surface area contributed by atoms with Gasteiger partial charge in [-0.05, 0) is 18.2 Å². The highest BCUT2D eigenvalue weighted by Crippen LogP contribution is 2.22. The van der Waals surface area contributed by atoms with Crippen molar-refractivity contribution in [1.29, 1.82) is 0 Å². The van der Waals surface area contributed by atoms with Gasteiger partial charge in [0.25, 0.3) is 5.56 Å². The lowest BCUT2D eigenvalue weighted by molar-refractivity contribution is 0.183. The smallest absolute Gasteiger partial charge is 0.267 e. The molecule has 4 heterocycles. The number of pyridine rings is 1. The minimum Gasteiger partial charge on any atom is -0.377 e. The van der Waals surface area contributed by atoms with Crippen LogP contribution in [0.1, 0.15) is 6.04 Å². The molecule has 2 unspecified atom stereocenters. The zero-order chi connectivity index (χ0) is 17.9. The van der Waals surface area contributed by atoms with Crippen LogP contribution in [0.25, 0.3) is 11.3 Å². The van der Waals surface area contributed by atoms with Crippen molar-refractivity contribution < 1.29 is 9.13 Å². The Kier molecular flexibility index (Phi) is 4.36. The van der Waals surface area contributed by atoms with E-state index in [1.54, 1.807) is 24.5 Å². The predicted octanol–water partition coefficient (Wildman–Crippen LogP) is 1.29. The highest BCUT2D eigenvalue weighted by Gasteiger charge is 2.32. The van der Waals surface area contributed by atoms with Gasteiger partial charge in [-0.15, -0.1) is 0 Å². The lowest BCUT2D eigenvalue weighted by Gasteiger charge is -2.20. The van der Waals surface area contributed by atoms with Crippen molar-refractivity contribution in [2.45, 2.75) is 12.1 Å². The number of nitrogens with zero attached hydrogens (tertiary/aromatic N) is 5. The molecular weight excluding hydrogens is 339 g/mol. The highest BCUT2D eigenvalue weighted by molar-refractivity contribution is 5.56.